The van der Waals surface area contributed by atoms with Crippen LogP contribution in [0.5, 0.6) is 0 Å². The molecule has 0 aromatic heterocycles. The van der Waals surface area contributed by atoms with Crippen LogP contribution in [0.2, 0.25) is 0 Å². The van der Waals surface area contributed by atoms with Gasteiger partial charge >= 0.3 is 26.2 Å². The van der Waals surface area contributed by atoms with Crippen molar-refractivity contribution in [3.05, 3.63) is 0 Å². The minimum absolute atomic E-state index is 0. The third kappa shape index (κ3) is 34.0. The van der Waals surface area contributed by atoms with Crippen LogP contribution < -0.4 is 0 Å². The van der Waals surface area contributed by atoms with Crippen molar-refractivity contribution >= 4 is 17.6 Å². The number of hydrogen-bond acceptors (Lipinski definition) is 0. The molecule has 0 rings (SSSR count). The van der Waals surface area contributed by atoms with Crippen LogP contribution in [-0.2, 0) is 42.6 Å². The second kappa shape index (κ2) is 57.7. The fourth-order valence-electron chi connectivity index (χ4n) is 0. The van der Waals surface area contributed by atoms with E-state index in [4.69, 9.17) is 0 Å². The van der Waals surface area contributed by atoms with E-state index in [1.54, 1.807) is 0 Å². The first-order valence-corrected chi connectivity index (χ1v) is 0. The summed E-state index contributed by atoms with van der Waals surface area (Å²) in [6.07, 6.45) is 0. The molecule has 0 aromatic carbocycles. The largest absolute Gasteiger partial charge is 4.00 e. The minimum atomic E-state index is 0. The van der Waals surface area contributed by atoms with Crippen molar-refractivity contribution in [2.24, 2.45) is 0 Å². The Bertz CT molecular complexity index is 6.85. The van der Waals surface area contributed by atoms with E-state index in [1.807, 2.05) is 0 Å². The Kier molecular flexibility index (Phi) is 1200. The standard InChI is InChI=1S/Ge.3O.Zr/q;3*-2;+4. The van der Waals surface area contributed by atoms with Gasteiger partial charge in [0.25, 0.3) is 0 Å². The molecule has 4 radical (unpaired) electrons. The maximum absolute atomic E-state index is 0. The van der Waals surface area contributed by atoms with E-state index in [1.165, 1.54) is 0 Å². The Morgan fingerprint density at radius 3 is 0.600 bits per heavy atom. The van der Waals surface area contributed by atoms with Gasteiger partial charge in [0.2, 0.25) is 0 Å². The van der Waals surface area contributed by atoms with Crippen molar-refractivity contribution in [3.8, 4) is 0 Å². The molecule has 0 N–H and O–H groups in total. The maximum Gasteiger partial charge on any atom is 4.00 e. The molecule has 28 valence electrons. The molecule has 0 aromatic rings. The Hall–Kier alpha value is 1.31. The van der Waals surface area contributed by atoms with Crippen LogP contribution in [0.1, 0.15) is 0 Å². The smallest absolute Gasteiger partial charge is 2.00 e. The van der Waals surface area contributed by atoms with Crippen molar-refractivity contribution in [2.75, 3.05) is 0 Å². The van der Waals surface area contributed by atoms with Gasteiger partial charge < -0.3 is 16.4 Å². The van der Waals surface area contributed by atoms with Crippen molar-refractivity contribution in [3.63, 3.8) is 0 Å². The zero-order valence-electron chi connectivity index (χ0n) is 2.22. The van der Waals surface area contributed by atoms with Gasteiger partial charge in [0.05, 0.1) is 0 Å². The van der Waals surface area contributed by atoms with Gasteiger partial charge in [-0.05, 0) is 0 Å². The molecule has 0 atom stereocenters. The molecule has 5 heteroatoms. The average molecular weight is 212 g/mol. The molecule has 0 heterocycles. The summed E-state index contributed by atoms with van der Waals surface area (Å²) in [6.45, 7) is 0. The van der Waals surface area contributed by atoms with Crippen LogP contribution in [0.25, 0.3) is 0 Å². The van der Waals surface area contributed by atoms with Crippen LogP contribution in [0.15, 0.2) is 0 Å². The predicted octanol–water partition coefficient (Wildman–Crippen LogP) is -0.740. The average Bonchev–Trinajstić information content (AvgIpc) is 0. The second-order valence-electron chi connectivity index (χ2n) is 0. The normalized spacial score (nSPS) is 0. The fourth-order valence-corrected chi connectivity index (χ4v) is 0. The van der Waals surface area contributed by atoms with Crippen molar-refractivity contribution < 1.29 is 42.6 Å². The molecule has 0 bridgehead atoms. The quantitative estimate of drug-likeness (QED) is 0.473. The minimum Gasteiger partial charge on any atom is -2.00 e. The summed E-state index contributed by atoms with van der Waals surface area (Å²) in [5.41, 5.74) is 0. The Morgan fingerprint density at radius 1 is 0.600 bits per heavy atom. The first-order chi connectivity index (χ1) is 0. The van der Waals surface area contributed by atoms with E-state index in [9.17, 15) is 0 Å². The third-order valence-corrected chi connectivity index (χ3v) is 0. The van der Waals surface area contributed by atoms with Gasteiger partial charge in [-0.2, -0.15) is 0 Å². The van der Waals surface area contributed by atoms with Gasteiger partial charge in [0.1, 0.15) is 0 Å². The predicted molar refractivity (Wildman–Crippen MR) is 7.81 cm³/mol. The molecule has 0 unspecified atom stereocenters. The van der Waals surface area contributed by atoms with Crippen LogP contribution >= 0.6 is 0 Å². The molecular weight excluding hydrogens is 212 g/mol. The van der Waals surface area contributed by atoms with E-state index in [2.05, 4.69) is 0 Å². The summed E-state index contributed by atoms with van der Waals surface area (Å²) in [4.78, 5) is 0. The molecule has 0 saturated heterocycles. The molecule has 0 saturated carbocycles. The van der Waals surface area contributed by atoms with Crippen LogP contribution in [0.3, 0.4) is 0 Å². The zero-order valence-corrected chi connectivity index (χ0v) is 6.78. The molecule has 0 aliphatic heterocycles. The number of rotatable bonds is 0. The molecule has 0 spiro atoms. The van der Waals surface area contributed by atoms with E-state index < -0.39 is 0 Å². The molecule has 0 aliphatic carbocycles. The summed E-state index contributed by atoms with van der Waals surface area (Å²) < 4.78 is 0. The summed E-state index contributed by atoms with van der Waals surface area (Å²) >= 11 is 0. The van der Waals surface area contributed by atoms with E-state index in [0.29, 0.717) is 0 Å². The molecule has 0 amide bonds. The van der Waals surface area contributed by atoms with Crippen LogP contribution in [0, 0.1) is 0 Å². The topological polar surface area (TPSA) is 85.5 Å². The van der Waals surface area contributed by atoms with Gasteiger partial charge in [-0.1, -0.05) is 0 Å². The molecule has 5 heavy (non-hydrogen) atoms. The van der Waals surface area contributed by atoms with E-state index in [0.717, 1.165) is 0 Å². The fraction of sp³-hybridized carbons (Fsp3) is 0. The molecule has 0 fully saturated rings. The Balaban J connectivity index is 0. The van der Waals surface area contributed by atoms with Crippen LogP contribution in [-0.4, -0.2) is 17.6 Å². The van der Waals surface area contributed by atoms with Crippen molar-refractivity contribution in [2.45, 2.75) is 0 Å². The summed E-state index contributed by atoms with van der Waals surface area (Å²) in [6, 6.07) is 0. The van der Waals surface area contributed by atoms with E-state index in [-0.39, 0.29) is 60.2 Å². The Labute approximate surface area is 60.2 Å². The van der Waals surface area contributed by atoms with Gasteiger partial charge in [-0.3, -0.25) is 0 Å². The zero-order chi connectivity index (χ0) is 0. The van der Waals surface area contributed by atoms with Crippen molar-refractivity contribution in [1.29, 1.82) is 0 Å². The van der Waals surface area contributed by atoms with Gasteiger partial charge in [-0.15, -0.1) is 0 Å². The van der Waals surface area contributed by atoms with Gasteiger partial charge in [0, 0.05) is 17.6 Å². The van der Waals surface area contributed by atoms with Crippen molar-refractivity contribution in [1.82, 2.24) is 0 Å². The molecule has 3 nitrogen and oxygen atoms in total. The summed E-state index contributed by atoms with van der Waals surface area (Å²) in [5.74, 6) is 0. The third-order valence-electron chi connectivity index (χ3n) is 0. The van der Waals surface area contributed by atoms with Gasteiger partial charge in [-0.25, -0.2) is 0 Å². The van der Waals surface area contributed by atoms with Crippen LogP contribution in [0.4, 0.5) is 0 Å². The van der Waals surface area contributed by atoms with Gasteiger partial charge in [0.15, 0.2) is 0 Å². The second-order valence-corrected chi connectivity index (χ2v) is 0. The number of hydrogen-bond donors (Lipinski definition) is 0. The monoisotopic (exact) mass is 212 g/mol. The molecular formula is GeO3Zr-2. The Morgan fingerprint density at radius 2 is 0.600 bits per heavy atom. The molecule has 0 aliphatic rings. The summed E-state index contributed by atoms with van der Waals surface area (Å²) in [7, 11) is 0. The van der Waals surface area contributed by atoms with E-state index >= 15 is 0 Å². The SMILES string of the molecule is [Ge].[O-2].[O-2].[O-2].[Zr+4]. The first-order valence-electron chi connectivity index (χ1n) is 0. The maximum atomic E-state index is 0. The summed E-state index contributed by atoms with van der Waals surface area (Å²) in [5, 5.41) is 0. The first kappa shape index (κ1) is 104.